The molecular formula is C14H17N3. The molecule has 1 heterocycles. The monoisotopic (exact) mass is 227 g/mol. The number of hydrogen-bond donors (Lipinski definition) is 0. The third-order valence-electron chi connectivity index (χ3n) is 3.61. The highest BCUT2D eigenvalue weighted by atomic mass is 15.1. The summed E-state index contributed by atoms with van der Waals surface area (Å²) in [5.74, 6) is 1.70. The van der Waals surface area contributed by atoms with Gasteiger partial charge in [0.25, 0.3) is 0 Å². The maximum absolute atomic E-state index is 9.16. The van der Waals surface area contributed by atoms with Gasteiger partial charge in [0.1, 0.15) is 6.07 Å². The van der Waals surface area contributed by atoms with Gasteiger partial charge in [-0.3, -0.25) is 4.98 Å². The highest BCUT2D eigenvalue weighted by Crippen LogP contribution is 2.36. The first-order valence-electron chi connectivity index (χ1n) is 6.46. The van der Waals surface area contributed by atoms with Crippen LogP contribution in [0.5, 0.6) is 0 Å². The number of nitrogens with zero attached hydrogens (tertiary/aromatic N) is 3. The van der Waals surface area contributed by atoms with E-state index in [-0.39, 0.29) is 0 Å². The molecule has 0 atom stereocenters. The van der Waals surface area contributed by atoms with Crippen LogP contribution in [-0.4, -0.2) is 18.1 Å². The van der Waals surface area contributed by atoms with Gasteiger partial charge in [0, 0.05) is 19.3 Å². The molecule has 0 spiro atoms. The number of hydrogen-bond acceptors (Lipinski definition) is 3. The zero-order valence-corrected chi connectivity index (χ0v) is 9.97. The Kier molecular flexibility index (Phi) is 2.72. The molecule has 0 radical (unpaired) electrons. The van der Waals surface area contributed by atoms with Crippen LogP contribution in [0.3, 0.4) is 0 Å². The quantitative estimate of drug-likeness (QED) is 0.776. The molecule has 2 aliphatic rings. The van der Waals surface area contributed by atoms with Crippen molar-refractivity contribution in [1.82, 2.24) is 4.98 Å². The van der Waals surface area contributed by atoms with Gasteiger partial charge in [-0.05, 0) is 43.6 Å². The molecule has 2 aliphatic carbocycles. The van der Waals surface area contributed by atoms with Crippen LogP contribution in [0.4, 0.5) is 5.69 Å². The first-order valence-corrected chi connectivity index (χ1v) is 6.46. The molecule has 0 aliphatic heterocycles. The van der Waals surface area contributed by atoms with E-state index in [1.165, 1.54) is 25.7 Å². The Morgan fingerprint density at radius 2 is 1.88 bits per heavy atom. The minimum Gasteiger partial charge on any atom is -0.369 e. The van der Waals surface area contributed by atoms with Crippen molar-refractivity contribution in [2.75, 3.05) is 18.0 Å². The fourth-order valence-electron chi connectivity index (χ4n) is 2.23. The van der Waals surface area contributed by atoms with Crippen LogP contribution in [0.2, 0.25) is 0 Å². The molecule has 3 rings (SSSR count). The van der Waals surface area contributed by atoms with Crippen LogP contribution in [0.1, 0.15) is 31.2 Å². The summed E-state index contributed by atoms with van der Waals surface area (Å²) in [6.45, 7) is 2.22. The molecule has 2 saturated carbocycles. The SMILES string of the molecule is N#Cc1ccncc1N(CC1CC1)CC1CC1. The van der Waals surface area contributed by atoms with Crippen molar-refractivity contribution in [3.8, 4) is 6.07 Å². The summed E-state index contributed by atoms with van der Waals surface area (Å²) in [5.41, 5.74) is 1.80. The molecular weight excluding hydrogens is 210 g/mol. The maximum atomic E-state index is 9.16. The Balaban J connectivity index is 1.81. The fourth-order valence-corrected chi connectivity index (χ4v) is 2.23. The van der Waals surface area contributed by atoms with Gasteiger partial charge in [-0.25, -0.2) is 0 Å². The van der Waals surface area contributed by atoms with Gasteiger partial charge in [-0.1, -0.05) is 0 Å². The molecule has 0 bridgehead atoms. The van der Waals surface area contributed by atoms with Crippen LogP contribution in [0, 0.1) is 23.2 Å². The first kappa shape index (κ1) is 10.6. The van der Waals surface area contributed by atoms with Crippen LogP contribution in [-0.2, 0) is 0 Å². The van der Waals surface area contributed by atoms with Gasteiger partial charge in [-0.2, -0.15) is 5.26 Å². The van der Waals surface area contributed by atoms with Crippen LogP contribution in [0.25, 0.3) is 0 Å². The number of anilines is 1. The average Bonchev–Trinajstić information content (AvgIpc) is 3.23. The summed E-state index contributed by atoms with van der Waals surface area (Å²) in [6.07, 6.45) is 8.96. The van der Waals surface area contributed by atoms with E-state index in [0.717, 1.165) is 36.2 Å². The Hall–Kier alpha value is -1.56. The molecule has 1 aromatic heterocycles. The average molecular weight is 227 g/mol. The van der Waals surface area contributed by atoms with Crippen LogP contribution < -0.4 is 4.90 Å². The lowest BCUT2D eigenvalue weighted by molar-refractivity contribution is 0.677. The molecule has 2 fully saturated rings. The fraction of sp³-hybridized carbons (Fsp3) is 0.571. The van der Waals surface area contributed by atoms with Gasteiger partial charge in [0.15, 0.2) is 0 Å². The maximum Gasteiger partial charge on any atom is 0.101 e. The highest BCUT2D eigenvalue weighted by Gasteiger charge is 2.30. The van der Waals surface area contributed by atoms with E-state index in [9.17, 15) is 0 Å². The predicted molar refractivity (Wildman–Crippen MR) is 66.6 cm³/mol. The zero-order valence-electron chi connectivity index (χ0n) is 9.97. The first-order chi connectivity index (χ1) is 8.36. The largest absolute Gasteiger partial charge is 0.369 e. The number of aromatic nitrogens is 1. The van der Waals surface area contributed by atoms with E-state index in [1.54, 1.807) is 6.20 Å². The summed E-state index contributed by atoms with van der Waals surface area (Å²) < 4.78 is 0. The van der Waals surface area contributed by atoms with Gasteiger partial charge in [0.2, 0.25) is 0 Å². The van der Waals surface area contributed by atoms with E-state index in [1.807, 2.05) is 12.3 Å². The molecule has 88 valence electrons. The van der Waals surface area contributed by atoms with E-state index in [0.29, 0.717) is 0 Å². The number of rotatable bonds is 5. The lowest BCUT2D eigenvalue weighted by Crippen LogP contribution is -2.28. The second kappa shape index (κ2) is 4.37. The van der Waals surface area contributed by atoms with Crippen molar-refractivity contribution in [2.45, 2.75) is 25.7 Å². The second-order valence-corrected chi connectivity index (χ2v) is 5.30. The molecule has 0 aromatic carbocycles. The van der Waals surface area contributed by atoms with E-state index >= 15 is 0 Å². The Bertz CT molecular complexity index is 427. The highest BCUT2D eigenvalue weighted by molar-refractivity contribution is 5.57. The van der Waals surface area contributed by atoms with Crippen molar-refractivity contribution in [3.05, 3.63) is 24.0 Å². The van der Waals surface area contributed by atoms with E-state index in [4.69, 9.17) is 5.26 Å². The van der Waals surface area contributed by atoms with Gasteiger partial charge < -0.3 is 4.90 Å². The Morgan fingerprint density at radius 1 is 1.24 bits per heavy atom. The minimum atomic E-state index is 0.765. The predicted octanol–water partition coefficient (Wildman–Crippen LogP) is 2.58. The van der Waals surface area contributed by atoms with Crippen molar-refractivity contribution in [2.24, 2.45) is 11.8 Å². The third kappa shape index (κ3) is 2.58. The molecule has 0 N–H and O–H groups in total. The molecule has 3 heteroatoms. The summed E-state index contributed by atoms with van der Waals surface area (Å²) in [4.78, 5) is 6.57. The smallest absolute Gasteiger partial charge is 0.101 e. The molecule has 1 aromatic rings. The van der Waals surface area contributed by atoms with Crippen molar-refractivity contribution in [3.63, 3.8) is 0 Å². The molecule has 0 unspecified atom stereocenters. The molecule has 17 heavy (non-hydrogen) atoms. The summed E-state index contributed by atoms with van der Waals surface area (Å²) in [7, 11) is 0. The Morgan fingerprint density at radius 3 is 2.41 bits per heavy atom. The summed E-state index contributed by atoms with van der Waals surface area (Å²) >= 11 is 0. The van der Waals surface area contributed by atoms with Gasteiger partial charge in [0.05, 0.1) is 17.4 Å². The van der Waals surface area contributed by atoms with Crippen LogP contribution in [0.15, 0.2) is 18.5 Å². The normalized spacial score (nSPS) is 18.8. The lowest BCUT2D eigenvalue weighted by atomic mass is 10.2. The second-order valence-electron chi connectivity index (χ2n) is 5.30. The van der Waals surface area contributed by atoms with E-state index < -0.39 is 0 Å². The topological polar surface area (TPSA) is 39.9 Å². The number of pyridine rings is 1. The molecule has 3 nitrogen and oxygen atoms in total. The minimum absolute atomic E-state index is 0.765. The number of nitriles is 1. The summed E-state index contributed by atoms with van der Waals surface area (Å²) in [5, 5.41) is 9.16. The third-order valence-corrected chi connectivity index (χ3v) is 3.61. The van der Waals surface area contributed by atoms with Crippen LogP contribution >= 0.6 is 0 Å². The summed E-state index contributed by atoms with van der Waals surface area (Å²) in [6, 6.07) is 4.10. The molecule has 0 saturated heterocycles. The Labute approximate surface area is 102 Å². The molecule has 0 amide bonds. The van der Waals surface area contributed by atoms with E-state index in [2.05, 4.69) is 16.0 Å². The lowest BCUT2D eigenvalue weighted by Gasteiger charge is -2.25. The van der Waals surface area contributed by atoms with Crippen molar-refractivity contribution < 1.29 is 0 Å². The van der Waals surface area contributed by atoms with Crippen molar-refractivity contribution >= 4 is 5.69 Å². The standard InChI is InChI=1S/C14H17N3/c15-7-13-5-6-16-8-14(13)17(9-11-1-2-11)10-12-3-4-12/h5-6,8,11-12H,1-4,9-10H2. The van der Waals surface area contributed by atoms with Gasteiger partial charge in [-0.15, -0.1) is 0 Å². The van der Waals surface area contributed by atoms with Gasteiger partial charge >= 0.3 is 0 Å². The van der Waals surface area contributed by atoms with Crippen molar-refractivity contribution in [1.29, 1.82) is 5.26 Å². The zero-order chi connectivity index (χ0) is 11.7.